The predicted octanol–water partition coefficient (Wildman–Crippen LogP) is 2.73. The highest BCUT2D eigenvalue weighted by Gasteiger charge is 2.12. The number of aliphatic hydroxyl groups is 1. The van der Waals surface area contributed by atoms with Crippen LogP contribution in [0.2, 0.25) is 0 Å². The normalized spacial score (nSPS) is 9.83. The molecule has 0 aromatic heterocycles. The largest absolute Gasteiger partial charge is 0.496 e. The number of nitrogens with zero attached hydrogens (tertiary/aromatic N) is 1. The monoisotopic (exact) mass is 239 g/mol. The van der Waals surface area contributed by atoms with Crippen LogP contribution in [-0.2, 0) is 6.61 Å². The van der Waals surface area contributed by atoms with Crippen molar-refractivity contribution in [1.29, 1.82) is 5.26 Å². The molecule has 0 saturated heterocycles. The number of rotatable bonds is 3. The molecule has 0 unspecified atom stereocenters. The van der Waals surface area contributed by atoms with Crippen LogP contribution in [0.3, 0.4) is 0 Å². The van der Waals surface area contributed by atoms with Crippen LogP contribution in [0.25, 0.3) is 11.1 Å². The fourth-order valence-corrected chi connectivity index (χ4v) is 1.96. The lowest BCUT2D eigenvalue weighted by Crippen LogP contribution is -1.95. The number of ether oxygens (including phenoxy) is 1. The van der Waals surface area contributed by atoms with Crippen molar-refractivity contribution in [3.8, 4) is 22.9 Å². The van der Waals surface area contributed by atoms with Crippen molar-refractivity contribution in [2.45, 2.75) is 6.61 Å². The number of nitriles is 1. The van der Waals surface area contributed by atoms with Gasteiger partial charge < -0.3 is 9.84 Å². The number of para-hydroxylation sites is 1. The maximum absolute atomic E-state index is 9.27. The SMILES string of the molecule is COc1ccccc1-c1cccc(CO)c1C#N. The zero-order valence-electron chi connectivity index (χ0n) is 10.1. The molecule has 0 aliphatic heterocycles. The molecule has 90 valence electrons. The Hall–Kier alpha value is -2.31. The van der Waals surface area contributed by atoms with Gasteiger partial charge in [0.2, 0.25) is 0 Å². The van der Waals surface area contributed by atoms with Crippen molar-refractivity contribution >= 4 is 0 Å². The quantitative estimate of drug-likeness (QED) is 0.896. The van der Waals surface area contributed by atoms with E-state index in [0.29, 0.717) is 16.9 Å². The summed E-state index contributed by atoms with van der Waals surface area (Å²) in [5.74, 6) is 0.712. The van der Waals surface area contributed by atoms with E-state index in [2.05, 4.69) is 6.07 Å². The Kier molecular flexibility index (Phi) is 3.61. The van der Waals surface area contributed by atoms with Gasteiger partial charge in [-0.15, -0.1) is 0 Å². The molecule has 2 rings (SSSR count). The Balaban J connectivity index is 2.68. The Morgan fingerprint density at radius 1 is 1.11 bits per heavy atom. The van der Waals surface area contributed by atoms with Crippen molar-refractivity contribution in [2.24, 2.45) is 0 Å². The maximum atomic E-state index is 9.27. The zero-order valence-corrected chi connectivity index (χ0v) is 10.1. The van der Waals surface area contributed by atoms with Gasteiger partial charge in [0.25, 0.3) is 0 Å². The van der Waals surface area contributed by atoms with E-state index >= 15 is 0 Å². The van der Waals surface area contributed by atoms with Gasteiger partial charge in [0.05, 0.1) is 19.3 Å². The van der Waals surface area contributed by atoms with Gasteiger partial charge in [0.1, 0.15) is 11.8 Å². The summed E-state index contributed by atoms with van der Waals surface area (Å²) in [5.41, 5.74) is 2.75. The minimum Gasteiger partial charge on any atom is -0.496 e. The van der Waals surface area contributed by atoms with E-state index in [0.717, 1.165) is 11.1 Å². The molecule has 2 aromatic rings. The van der Waals surface area contributed by atoms with E-state index in [-0.39, 0.29) is 6.61 Å². The lowest BCUT2D eigenvalue weighted by molar-refractivity contribution is 0.281. The van der Waals surface area contributed by atoms with Crippen LogP contribution in [0.4, 0.5) is 0 Å². The van der Waals surface area contributed by atoms with Crippen molar-refractivity contribution in [2.75, 3.05) is 7.11 Å². The molecule has 2 aromatic carbocycles. The lowest BCUT2D eigenvalue weighted by atomic mass is 9.96. The first-order valence-electron chi connectivity index (χ1n) is 5.58. The third kappa shape index (κ3) is 2.06. The molecular formula is C15H13NO2. The van der Waals surface area contributed by atoms with Gasteiger partial charge in [0.15, 0.2) is 0 Å². The Bertz CT molecular complexity index is 600. The highest BCUT2D eigenvalue weighted by Crippen LogP contribution is 2.33. The van der Waals surface area contributed by atoms with E-state index < -0.39 is 0 Å². The average Bonchev–Trinajstić information content (AvgIpc) is 2.46. The second-order valence-electron chi connectivity index (χ2n) is 3.81. The summed E-state index contributed by atoms with van der Waals surface area (Å²) in [5, 5.41) is 18.5. The summed E-state index contributed by atoms with van der Waals surface area (Å²) in [7, 11) is 1.60. The summed E-state index contributed by atoms with van der Waals surface area (Å²) < 4.78 is 5.30. The molecule has 0 aliphatic rings. The molecule has 0 fully saturated rings. The Morgan fingerprint density at radius 3 is 2.50 bits per heavy atom. The number of hydrogen-bond acceptors (Lipinski definition) is 3. The summed E-state index contributed by atoms with van der Waals surface area (Å²) in [6.45, 7) is -0.147. The molecule has 1 N–H and O–H groups in total. The second kappa shape index (κ2) is 5.35. The van der Waals surface area contributed by atoms with Crippen LogP contribution in [0, 0.1) is 11.3 Å². The first kappa shape index (κ1) is 12.2. The highest BCUT2D eigenvalue weighted by atomic mass is 16.5. The van der Waals surface area contributed by atoms with E-state index in [9.17, 15) is 10.4 Å². The molecule has 0 atom stereocenters. The molecule has 0 amide bonds. The van der Waals surface area contributed by atoms with Gasteiger partial charge in [-0.3, -0.25) is 0 Å². The van der Waals surface area contributed by atoms with Crippen molar-refractivity contribution < 1.29 is 9.84 Å². The van der Waals surface area contributed by atoms with E-state index in [1.165, 1.54) is 0 Å². The fourth-order valence-electron chi connectivity index (χ4n) is 1.96. The molecule has 0 bridgehead atoms. The molecule has 0 heterocycles. The van der Waals surface area contributed by atoms with Gasteiger partial charge in [-0.1, -0.05) is 36.4 Å². The standard InChI is InChI=1S/C15H13NO2/c1-18-15-8-3-2-6-13(15)12-7-4-5-11(10-17)14(12)9-16/h2-8,17H,10H2,1H3. The minimum atomic E-state index is -0.147. The molecule has 18 heavy (non-hydrogen) atoms. The van der Waals surface area contributed by atoms with Crippen LogP contribution in [0.15, 0.2) is 42.5 Å². The smallest absolute Gasteiger partial charge is 0.126 e. The molecule has 0 spiro atoms. The van der Waals surface area contributed by atoms with Crippen molar-refractivity contribution in [3.05, 3.63) is 53.6 Å². The highest BCUT2D eigenvalue weighted by molar-refractivity contribution is 5.76. The van der Waals surface area contributed by atoms with Crippen molar-refractivity contribution in [3.63, 3.8) is 0 Å². The van der Waals surface area contributed by atoms with Gasteiger partial charge in [0, 0.05) is 11.1 Å². The summed E-state index contributed by atoms with van der Waals surface area (Å²) in [6, 6.07) is 15.1. The van der Waals surface area contributed by atoms with Gasteiger partial charge >= 0.3 is 0 Å². The van der Waals surface area contributed by atoms with E-state index in [1.54, 1.807) is 13.2 Å². The molecule has 3 heteroatoms. The predicted molar refractivity (Wildman–Crippen MR) is 69.1 cm³/mol. The number of methoxy groups -OCH3 is 1. The van der Waals surface area contributed by atoms with Crippen LogP contribution >= 0.6 is 0 Å². The van der Waals surface area contributed by atoms with Gasteiger partial charge in [-0.25, -0.2) is 0 Å². The Labute approximate surface area is 106 Å². The van der Waals surface area contributed by atoms with Crippen LogP contribution in [0.5, 0.6) is 5.75 Å². The summed E-state index contributed by atoms with van der Waals surface area (Å²) in [4.78, 5) is 0. The maximum Gasteiger partial charge on any atom is 0.126 e. The van der Waals surface area contributed by atoms with Gasteiger partial charge in [-0.05, 0) is 11.6 Å². The number of hydrogen-bond donors (Lipinski definition) is 1. The third-order valence-electron chi connectivity index (χ3n) is 2.83. The lowest BCUT2D eigenvalue weighted by Gasteiger charge is -2.11. The number of aliphatic hydroxyl groups excluding tert-OH is 1. The topological polar surface area (TPSA) is 53.2 Å². The summed E-state index contributed by atoms with van der Waals surface area (Å²) in [6.07, 6.45) is 0. The second-order valence-corrected chi connectivity index (χ2v) is 3.81. The Morgan fingerprint density at radius 2 is 1.83 bits per heavy atom. The fraction of sp³-hybridized carbons (Fsp3) is 0.133. The molecule has 3 nitrogen and oxygen atoms in total. The van der Waals surface area contributed by atoms with Crippen LogP contribution in [-0.4, -0.2) is 12.2 Å². The van der Waals surface area contributed by atoms with Crippen LogP contribution in [0.1, 0.15) is 11.1 Å². The first-order chi connectivity index (χ1) is 8.81. The minimum absolute atomic E-state index is 0.147. The average molecular weight is 239 g/mol. The third-order valence-corrected chi connectivity index (χ3v) is 2.83. The van der Waals surface area contributed by atoms with E-state index in [4.69, 9.17) is 4.74 Å². The van der Waals surface area contributed by atoms with Crippen molar-refractivity contribution in [1.82, 2.24) is 0 Å². The van der Waals surface area contributed by atoms with E-state index in [1.807, 2.05) is 36.4 Å². The number of benzene rings is 2. The summed E-state index contributed by atoms with van der Waals surface area (Å²) >= 11 is 0. The molecule has 0 radical (unpaired) electrons. The molecular weight excluding hydrogens is 226 g/mol. The molecule has 0 saturated carbocycles. The first-order valence-corrected chi connectivity index (χ1v) is 5.58. The van der Waals surface area contributed by atoms with Crippen LogP contribution < -0.4 is 4.74 Å². The molecule has 0 aliphatic carbocycles. The van der Waals surface area contributed by atoms with Gasteiger partial charge in [-0.2, -0.15) is 5.26 Å². The zero-order chi connectivity index (χ0) is 13.0.